The molecule has 0 unspecified atom stereocenters. The molecule has 1 saturated heterocycles. The molecular formula is C10H19BrN2O2. The highest BCUT2D eigenvalue weighted by molar-refractivity contribution is 9.07. The molecular weight excluding hydrogens is 260 g/mol. The van der Waals surface area contributed by atoms with Crippen molar-refractivity contribution >= 4 is 22.2 Å². The minimum Gasteiger partial charge on any atom is -0.444 e. The molecule has 0 N–H and O–H groups in total. The van der Waals surface area contributed by atoms with Crippen LogP contribution in [-0.2, 0) is 4.74 Å². The van der Waals surface area contributed by atoms with Crippen LogP contribution in [0.3, 0.4) is 0 Å². The van der Waals surface area contributed by atoms with Gasteiger partial charge in [-0.15, -0.1) is 0 Å². The van der Waals surface area contributed by atoms with Crippen LogP contribution in [0.15, 0.2) is 0 Å². The highest BCUT2D eigenvalue weighted by atomic mass is 79.9. The van der Waals surface area contributed by atoms with E-state index in [2.05, 4.69) is 27.0 Å². The van der Waals surface area contributed by atoms with E-state index in [0.29, 0.717) is 19.1 Å². The number of carbonyl (C=O) groups is 1. The van der Waals surface area contributed by atoms with E-state index >= 15 is 0 Å². The maximum atomic E-state index is 11.7. The topological polar surface area (TPSA) is 32.8 Å². The fraction of sp³-hybridized carbons (Fsp3) is 0.900. The van der Waals surface area contributed by atoms with Gasteiger partial charge in [0, 0.05) is 41.8 Å². The molecule has 0 aromatic rings. The summed E-state index contributed by atoms with van der Waals surface area (Å²) in [6.07, 6.45) is -0.213. The van der Waals surface area contributed by atoms with E-state index in [9.17, 15) is 4.79 Å². The third-order valence-electron chi connectivity index (χ3n) is 2.20. The van der Waals surface area contributed by atoms with Gasteiger partial charge in [0.1, 0.15) is 5.60 Å². The van der Waals surface area contributed by atoms with Crippen LogP contribution in [0.5, 0.6) is 0 Å². The van der Waals surface area contributed by atoms with E-state index in [4.69, 9.17) is 4.74 Å². The minimum absolute atomic E-state index is 0.213. The molecule has 15 heavy (non-hydrogen) atoms. The number of hydrogen-bond acceptors (Lipinski definition) is 3. The zero-order chi connectivity index (χ0) is 11.6. The fourth-order valence-electron chi connectivity index (χ4n) is 1.43. The van der Waals surface area contributed by atoms with Crippen molar-refractivity contribution in [2.45, 2.75) is 39.3 Å². The van der Waals surface area contributed by atoms with Crippen molar-refractivity contribution < 1.29 is 9.53 Å². The Labute approximate surface area is 99.9 Å². The largest absolute Gasteiger partial charge is 0.444 e. The summed E-state index contributed by atoms with van der Waals surface area (Å²) in [4.78, 5) is 13.5. The molecule has 0 aliphatic carbocycles. The summed E-state index contributed by atoms with van der Waals surface area (Å²) in [7, 11) is 0. The lowest BCUT2D eigenvalue weighted by molar-refractivity contribution is 0.0156. The molecule has 1 atom stereocenters. The van der Waals surface area contributed by atoms with Crippen LogP contribution in [0.4, 0.5) is 4.79 Å². The quantitative estimate of drug-likeness (QED) is 0.637. The Morgan fingerprint density at radius 3 is 2.47 bits per heavy atom. The van der Waals surface area contributed by atoms with Crippen LogP contribution < -0.4 is 0 Å². The lowest BCUT2D eigenvalue weighted by atomic mass is 10.2. The minimum atomic E-state index is -0.411. The standard InChI is InChI=1S/C10H19BrN2O2/c1-8-7-12(5-6-13(8)11)9(14)15-10(2,3)4/h8H,5-7H2,1-4H3/t8-/m0/s1. The normalized spacial score (nSPS) is 24.1. The first-order chi connectivity index (χ1) is 6.79. The molecule has 1 aliphatic heterocycles. The number of ether oxygens (including phenoxy) is 1. The maximum Gasteiger partial charge on any atom is 0.410 e. The van der Waals surface area contributed by atoms with Crippen molar-refractivity contribution in [2.24, 2.45) is 0 Å². The molecule has 0 aromatic heterocycles. The van der Waals surface area contributed by atoms with Crippen molar-refractivity contribution in [3.63, 3.8) is 0 Å². The molecule has 88 valence electrons. The van der Waals surface area contributed by atoms with Crippen LogP contribution in [0, 0.1) is 0 Å². The molecule has 4 nitrogen and oxygen atoms in total. The van der Waals surface area contributed by atoms with Gasteiger partial charge in [-0.3, -0.25) is 0 Å². The number of hydrogen-bond donors (Lipinski definition) is 0. The van der Waals surface area contributed by atoms with Gasteiger partial charge in [-0.05, 0) is 27.7 Å². The summed E-state index contributed by atoms with van der Waals surface area (Å²) in [5.41, 5.74) is -0.411. The summed E-state index contributed by atoms with van der Waals surface area (Å²) in [5, 5.41) is 0. The number of halogens is 1. The van der Waals surface area contributed by atoms with Crippen LogP contribution in [0.1, 0.15) is 27.7 Å². The van der Waals surface area contributed by atoms with E-state index in [0.717, 1.165) is 6.54 Å². The first-order valence-corrected chi connectivity index (χ1v) is 5.91. The summed E-state index contributed by atoms with van der Waals surface area (Å²) in [5.74, 6) is 0. The van der Waals surface area contributed by atoms with Crippen LogP contribution in [-0.4, -0.2) is 46.2 Å². The highest BCUT2D eigenvalue weighted by Gasteiger charge is 2.28. The Morgan fingerprint density at radius 1 is 1.40 bits per heavy atom. The fourth-order valence-corrected chi connectivity index (χ4v) is 1.72. The number of nitrogens with zero attached hydrogens (tertiary/aromatic N) is 2. The Morgan fingerprint density at radius 2 is 2.00 bits per heavy atom. The van der Waals surface area contributed by atoms with Gasteiger partial charge in [0.15, 0.2) is 0 Å². The Hall–Kier alpha value is -0.290. The van der Waals surface area contributed by atoms with Crippen molar-refractivity contribution in [2.75, 3.05) is 19.6 Å². The van der Waals surface area contributed by atoms with Crippen molar-refractivity contribution in [3.05, 3.63) is 0 Å². The number of rotatable bonds is 0. The van der Waals surface area contributed by atoms with Gasteiger partial charge in [0.25, 0.3) is 0 Å². The number of carbonyl (C=O) groups excluding carboxylic acids is 1. The monoisotopic (exact) mass is 278 g/mol. The van der Waals surface area contributed by atoms with Gasteiger partial charge >= 0.3 is 6.09 Å². The molecule has 1 heterocycles. The SMILES string of the molecule is C[C@H]1CN(C(=O)OC(C)(C)C)CCN1Br. The molecule has 1 rings (SSSR count). The molecule has 0 aromatic carbocycles. The molecule has 5 heteroatoms. The smallest absolute Gasteiger partial charge is 0.410 e. The third kappa shape index (κ3) is 3.99. The van der Waals surface area contributed by atoms with Crippen molar-refractivity contribution in [1.82, 2.24) is 8.83 Å². The third-order valence-corrected chi connectivity index (χ3v) is 3.25. The molecule has 1 aliphatic rings. The molecule has 0 bridgehead atoms. The van der Waals surface area contributed by atoms with Gasteiger partial charge in [-0.25, -0.2) is 8.72 Å². The van der Waals surface area contributed by atoms with Gasteiger partial charge in [-0.1, -0.05) is 0 Å². The lowest BCUT2D eigenvalue weighted by Gasteiger charge is -2.36. The Balaban J connectivity index is 2.48. The van der Waals surface area contributed by atoms with E-state index in [1.165, 1.54) is 0 Å². The summed E-state index contributed by atoms with van der Waals surface area (Å²) >= 11 is 3.45. The van der Waals surface area contributed by atoms with Gasteiger partial charge in [0.2, 0.25) is 0 Å². The first kappa shape index (κ1) is 12.8. The maximum absolute atomic E-state index is 11.7. The summed E-state index contributed by atoms with van der Waals surface area (Å²) in [6.45, 7) is 9.98. The van der Waals surface area contributed by atoms with Crippen LogP contribution >= 0.6 is 16.1 Å². The lowest BCUT2D eigenvalue weighted by Crippen LogP contribution is -2.51. The number of amides is 1. The van der Waals surface area contributed by atoms with Crippen LogP contribution in [0.25, 0.3) is 0 Å². The average Bonchev–Trinajstić information content (AvgIpc) is 2.06. The molecule has 0 radical (unpaired) electrons. The molecule has 0 spiro atoms. The zero-order valence-electron chi connectivity index (χ0n) is 9.79. The van der Waals surface area contributed by atoms with Crippen LogP contribution in [0.2, 0.25) is 0 Å². The second-order valence-corrected chi connectivity index (χ2v) is 5.81. The predicted molar refractivity (Wildman–Crippen MR) is 62.9 cm³/mol. The van der Waals surface area contributed by atoms with E-state index < -0.39 is 5.60 Å². The first-order valence-electron chi connectivity index (χ1n) is 5.20. The van der Waals surface area contributed by atoms with Crippen molar-refractivity contribution in [3.8, 4) is 0 Å². The molecule has 1 amide bonds. The second kappa shape index (κ2) is 4.70. The van der Waals surface area contributed by atoms with Crippen molar-refractivity contribution in [1.29, 1.82) is 0 Å². The molecule has 0 saturated carbocycles. The summed E-state index contributed by atoms with van der Waals surface area (Å²) in [6, 6.07) is 0.325. The average molecular weight is 279 g/mol. The summed E-state index contributed by atoms with van der Waals surface area (Å²) < 4.78 is 7.38. The van der Waals surface area contributed by atoms with Gasteiger partial charge < -0.3 is 9.64 Å². The van der Waals surface area contributed by atoms with E-state index in [1.807, 2.05) is 20.8 Å². The Bertz CT molecular complexity index is 240. The number of piperazine rings is 1. The predicted octanol–water partition coefficient (Wildman–Crippen LogP) is 2.24. The highest BCUT2D eigenvalue weighted by Crippen LogP contribution is 2.16. The second-order valence-electron chi connectivity index (χ2n) is 4.90. The van der Waals surface area contributed by atoms with Gasteiger partial charge in [-0.2, -0.15) is 0 Å². The van der Waals surface area contributed by atoms with Gasteiger partial charge in [0.05, 0.1) is 0 Å². The zero-order valence-corrected chi connectivity index (χ0v) is 11.4. The van der Waals surface area contributed by atoms with E-state index in [1.54, 1.807) is 4.90 Å². The van der Waals surface area contributed by atoms with E-state index in [-0.39, 0.29) is 6.09 Å². The Kier molecular flexibility index (Phi) is 4.00. The molecule has 1 fully saturated rings.